The lowest BCUT2D eigenvalue weighted by atomic mass is 10.1. The van der Waals surface area contributed by atoms with Crippen molar-refractivity contribution >= 4 is 5.91 Å². The fourth-order valence-corrected chi connectivity index (χ4v) is 1.72. The Bertz CT molecular complexity index is 547. The van der Waals surface area contributed by atoms with Gasteiger partial charge in [0.05, 0.1) is 11.8 Å². The number of hydrogen-bond acceptors (Lipinski definition) is 3. The summed E-state index contributed by atoms with van der Waals surface area (Å²) in [7, 11) is 0. The van der Waals surface area contributed by atoms with Gasteiger partial charge in [0.25, 0.3) is 5.91 Å². The third-order valence-electron chi connectivity index (χ3n) is 3.14. The van der Waals surface area contributed by atoms with Gasteiger partial charge >= 0.3 is 0 Å². The van der Waals surface area contributed by atoms with Gasteiger partial charge < -0.3 is 10.4 Å². The second-order valence-electron chi connectivity index (χ2n) is 5.02. The van der Waals surface area contributed by atoms with Gasteiger partial charge in [0.2, 0.25) is 0 Å². The molecule has 0 aliphatic rings. The van der Waals surface area contributed by atoms with Crippen molar-refractivity contribution in [1.29, 1.82) is 0 Å². The molecule has 1 amide bonds. The van der Waals surface area contributed by atoms with Gasteiger partial charge in [-0.3, -0.25) is 4.79 Å². The molecular weight excluding hydrogens is 254 g/mol. The smallest absolute Gasteiger partial charge is 0.251 e. The zero-order chi connectivity index (χ0) is 14.5. The van der Waals surface area contributed by atoms with Crippen LogP contribution in [0.1, 0.15) is 24.2 Å². The molecular formula is C15H19N3O2. The Morgan fingerprint density at radius 2 is 2.05 bits per heavy atom. The van der Waals surface area contributed by atoms with Crippen LogP contribution in [0.15, 0.2) is 42.7 Å². The first-order valence-electron chi connectivity index (χ1n) is 6.64. The summed E-state index contributed by atoms with van der Waals surface area (Å²) in [5.41, 5.74) is 1.46. The number of aromatic nitrogens is 2. The Hall–Kier alpha value is -2.14. The number of carbonyl (C=O) groups is 1. The van der Waals surface area contributed by atoms with E-state index in [0.29, 0.717) is 5.56 Å². The van der Waals surface area contributed by atoms with E-state index < -0.39 is 6.10 Å². The maximum atomic E-state index is 11.9. The lowest BCUT2D eigenvalue weighted by Gasteiger charge is -2.15. The van der Waals surface area contributed by atoms with Gasteiger partial charge in [0.1, 0.15) is 0 Å². The quantitative estimate of drug-likeness (QED) is 0.870. The molecule has 1 aromatic carbocycles. The van der Waals surface area contributed by atoms with Crippen LogP contribution in [0.2, 0.25) is 0 Å². The predicted octanol–water partition coefficient (Wildman–Crippen LogP) is 1.62. The highest BCUT2D eigenvalue weighted by molar-refractivity contribution is 5.94. The number of rotatable bonds is 5. The number of hydrogen-bond donors (Lipinski definition) is 2. The molecule has 1 heterocycles. The number of nitrogens with zero attached hydrogens (tertiary/aromatic N) is 2. The van der Waals surface area contributed by atoms with Crippen LogP contribution in [0.4, 0.5) is 0 Å². The lowest BCUT2D eigenvalue weighted by molar-refractivity contribution is 0.0871. The first-order chi connectivity index (χ1) is 9.58. The number of amides is 1. The number of benzene rings is 1. The molecule has 0 bridgehead atoms. The van der Waals surface area contributed by atoms with E-state index in [4.69, 9.17) is 0 Å². The topological polar surface area (TPSA) is 67.2 Å². The van der Waals surface area contributed by atoms with Crippen molar-refractivity contribution in [1.82, 2.24) is 15.1 Å². The molecule has 5 nitrogen and oxygen atoms in total. The van der Waals surface area contributed by atoms with Crippen LogP contribution in [-0.2, 0) is 0 Å². The van der Waals surface area contributed by atoms with Gasteiger partial charge in [-0.15, -0.1) is 0 Å². The monoisotopic (exact) mass is 273 g/mol. The summed E-state index contributed by atoms with van der Waals surface area (Å²) in [6, 6.07) is 9.00. The van der Waals surface area contributed by atoms with E-state index in [1.807, 2.05) is 38.2 Å². The van der Waals surface area contributed by atoms with Crippen LogP contribution < -0.4 is 5.32 Å². The Kier molecular flexibility index (Phi) is 4.53. The van der Waals surface area contributed by atoms with Crippen molar-refractivity contribution in [2.45, 2.75) is 20.0 Å². The summed E-state index contributed by atoms with van der Waals surface area (Å²) in [4.78, 5) is 11.9. The van der Waals surface area contributed by atoms with Crippen LogP contribution in [0.3, 0.4) is 0 Å². The maximum absolute atomic E-state index is 11.9. The first kappa shape index (κ1) is 14.3. The largest absolute Gasteiger partial charge is 0.391 e. The Labute approximate surface area is 118 Å². The molecule has 0 radical (unpaired) electrons. The van der Waals surface area contributed by atoms with E-state index in [-0.39, 0.29) is 18.4 Å². The molecule has 106 valence electrons. The molecule has 0 aliphatic heterocycles. The lowest BCUT2D eigenvalue weighted by Crippen LogP contribution is -2.34. The van der Waals surface area contributed by atoms with Crippen LogP contribution >= 0.6 is 0 Å². The van der Waals surface area contributed by atoms with Gasteiger partial charge in [-0.25, -0.2) is 4.68 Å². The summed E-state index contributed by atoms with van der Waals surface area (Å²) >= 11 is 0. The summed E-state index contributed by atoms with van der Waals surface area (Å²) in [6.07, 6.45) is 3.02. The summed E-state index contributed by atoms with van der Waals surface area (Å²) < 4.78 is 1.73. The summed E-state index contributed by atoms with van der Waals surface area (Å²) in [5, 5.41) is 16.5. The number of nitrogens with one attached hydrogen (secondary N) is 1. The molecule has 0 fully saturated rings. The van der Waals surface area contributed by atoms with Crippen molar-refractivity contribution in [2.24, 2.45) is 5.92 Å². The molecule has 1 aromatic heterocycles. The molecule has 20 heavy (non-hydrogen) atoms. The molecule has 0 saturated carbocycles. The predicted molar refractivity (Wildman–Crippen MR) is 76.7 cm³/mol. The first-order valence-corrected chi connectivity index (χ1v) is 6.64. The third-order valence-corrected chi connectivity index (χ3v) is 3.14. The fraction of sp³-hybridized carbons (Fsp3) is 0.333. The normalized spacial score (nSPS) is 12.4. The van der Waals surface area contributed by atoms with Gasteiger partial charge in [-0.1, -0.05) is 13.8 Å². The second kappa shape index (κ2) is 6.34. The number of aliphatic hydroxyl groups is 1. The fourth-order valence-electron chi connectivity index (χ4n) is 1.72. The Morgan fingerprint density at radius 3 is 2.60 bits per heavy atom. The molecule has 1 atom stereocenters. The van der Waals surface area contributed by atoms with Crippen molar-refractivity contribution in [2.75, 3.05) is 6.54 Å². The molecule has 2 aromatic rings. The highest BCUT2D eigenvalue weighted by Crippen LogP contribution is 2.08. The molecule has 5 heteroatoms. The Morgan fingerprint density at radius 1 is 1.35 bits per heavy atom. The standard InChI is InChI=1S/C15H19N3O2/c1-11(2)14(19)10-16-15(20)12-4-6-13(7-5-12)18-9-3-8-17-18/h3-9,11,14,19H,10H2,1-2H3,(H,16,20). The third kappa shape index (κ3) is 3.45. The molecule has 2 rings (SSSR count). The van der Waals surface area contributed by atoms with E-state index in [1.165, 1.54) is 0 Å². The summed E-state index contributed by atoms with van der Waals surface area (Å²) in [6.45, 7) is 4.09. The van der Waals surface area contributed by atoms with E-state index in [2.05, 4.69) is 10.4 Å². The van der Waals surface area contributed by atoms with Crippen LogP contribution in [-0.4, -0.2) is 33.4 Å². The second-order valence-corrected chi connectivity index (χ2v) is 5.02. The van der Waals surface area contributed by atoms with Crippen LogP contribution in [0, 0.1) is 5.92 Å². The van der Waals surface area contributed by atoms with Crippen molar-refractivity contribution < 1.29 is 9.90 Å². The molecule has 0 saturated heterocycles. The highest BCUT2D eigenvalue weighted by Gasteiger charge is 2.11. The van der Waals surface area contributed by atoms with Gasteiger partial charge in [0, 0.05) is 24.5 Å². The SMILES string of the molecule is CC(C)C(O)CNC(=O)c1ccc(-n2cccn2)cc1. The minimum atomic E-state index is -0.526. The van der Waals surface area contributed by atoms with Crippen molar-refractivity contribution in [3.05, 3.63) is 48.3 Å². The molecule has 1 unspecified atom stereocenters. The van der Waals surface area contributed by atoms with Crippen molar-refractivity contribution in [3.63, 3.8) is 0 Å². The highest BCUT2D eigenvalue weighted by atomic mass is 16.3. The summed E-state index contributed by atoms with van der Waals surface area (Å²) in [5.74, 6) is -0.0609. The minimum absolute atomic E-state index is 0.123. The number of aliphatic hydroxyl groups excluding tert-OH is 1. The number of carbonyl (C=O) groups excluding carboxylic acids is 1. The van der Waals surface area contributed by atoms with Crippen molar-refractivity contribution in [3.8, 4) is 5.69 Å². The molecule has 2 N–H and O–H groups in total. The van der Waals surface area contributed by atoms with E-state index >= 15 is 0 Å². The average Bonchev–Trinajstić information content (AvgIpc) is 2.98. The zero-order valence-corrected chi connectivity index (χ0v) is 11.7. The van der Waals surface area contributed by atoms with E-state index in [1.54, 1.807) is 23.0 Å². The molecule has 0 spiro atoms. The van der Waals surface area contributed by atoms with E-state index in [0.717, 1.165) is 5.69 Å². The van der Waals surface area contributed by atoms with Gasteiger partial charge in [0.15, 0.2) is 0 Å². The Balaban J connectivity index is 1.98. The van der Waals surface area contributed by atoms with Crippen LogP contribution in [0.5, 0.6) is 0 Å². The van der Waals surface area contributed by atoms with Gasteiger partial charge in [-0.2, -0.15) is 5.10 Å². The minimum Gasteiger partial charge on any atom is -0.391 e. The molecule has 0 aliphatic carbocycles. The van der Waals surface area contributed by atoms with Gasteiger partial charge in [-0.05, 0) is 36.2 Å². The maximum Gasteiger partial charge on any atom is 0.251 e. The van der Waals surface area contributed by atoms with E-state index in [9.17, 15) is 9.90 Å². The average molecular weight is 273 g/mol. The zero-order valence-electron chi connectivity index (χ0n) is 11.7. The van der Waals surface area contributed by atoms with Crippen LogP contribution in [0.25, 0.3) is 5.69 Å².